The van der Waals surface area contributed by atoms with Crippen LogP contribution in [-0.4, -0.2) is 43.6 Å². The van der Waals surface area contributed by atoms with Crippen molar-refractivity contribution in [2.45, 2.75) is 13.3 Å². The Bertz CT molecular complexity index is 498. The average molecular weight is 263 g/mol. The fourth-order valence-corrected chi connectivity index (χ4v) is 2.05. The third-order valence-electron chi connectivity index (χ3n) is 3.15. The molecule has 2 rings (SSSR count). The number of methoxy groups -OCH3 is 1. The number of carbonyl (C=O) groups is 2. The minimum atomic E-state index is -0.417. The molecular formula is C14H17NO4. The van der Waals surface area contributed by atoms with Gasteiger partial charge >= 0.3 is 5.97 Å². The maximum Gasteiger partial charge on any atom is 0.325 e. The monoisotopic (exact) mass is 263 g/mol. The fraction of sp³-hybridized carbons (Fsp3) is 0.429. The summed E-state index contributed by atoms with van der Waals surface area (Å²) in [5.41, 5.74) is 1.62. The number of hydrogen-bond acceptors (Lipinski definition) is 4. The maximum atomic E-state index is 12.3. The molecule has 0 bridgehead atoms. The van der Waals surface area contributed by atoms with Gasteiger partial charge in [0, 0.05) is 18.5 Å². The van der Waals surface area contributed by atoms with E-state index in [0.29, 0.717) is 18.7 Å². The molecule has 0 atom stereocenters. The number of ether oxygens (including phenoxy) is 2. The molecule has 19 heavy (non-hydrogen) atoms. The number of carbonyl (C=O) groups excluding carboxylic acids is 2. The van der Waals surface area contributed by atoms with Crippen molar-refractivity contribution in [2.24, 2.45) is 0 Å². The Morgan fingerprint density at radius 3 is 2.89 bits per heavy atom. The van der Waals surface area contributed by atoms with Gasteiger partial charge in [-0.15, -0.1) is 0 Å². The number of fused-ring (bicyclic) bond motifs is 1. The van der Waals surface area contributed by atoms with Gasteiger partial charge in [0.15, 0.2) is 0 Å². The van der Waals surface area contributed by atoms with Gasteiger partial charge in [-0.05, 0) is 30.7 Å². The second-order valence-electron chi connectivity index (χ2n) is 4.32. The Kier molecular flexibility index (Phi) is 4.04. The lowest BCUT2D eigenvalue weighted by molar-refractivity contribution is -0.141. The summed E-state index contributed by atoms with van der Waals surface area (Å²) in [7, 11) is 1.31. The lowest BCUT2D eigenvalue weighted by Crippen LogP contribution is -2.36. The number of nitrogens with zero attached hydrogens (tertiary/aromatic N) is 1. The highest BCUT2D eigenvalue weighted by atomic mass is 16.5. The molecule has 5 nitrogen and oxygen atoms in total. The molecule has 1 heterocycles. The molecular weight excluding hydrogens is 246 g/mol. The first kappa shape index (κ1) is 13.4. The van der Waals surface area contributed by atoms with E-state index in [1.807, 2.05) is 19.1 Å². The number of rotatable bonds is 4. The molecule has 0 radical (unpaired) electrons. The Morgan fingerprint density at radius 2 is 2.21 bits per heavy atom. The summed E-state index contributed by atoms with van der Waals surface area (Å²) in [6.07, 6.45) is 0.819. The van der Waals surface area contributed by atoms with Gasteiger partial charge in [0.05, 0.1) is 13.7 Å². The van der Waals surface area contributed by atoms with Gasteiger partial charge in [-0.25, -0.2) is 0 Å². The molecule has 0 saturated carbocycles. The van der Waals surface area contributed by atoms with Crippen molar-refractivity contribution < 1.29 is 19.1 Å². The zero-order valence-corrected chi connectivity index (χ0v) is 11.1. The zero-order valence-electron chi connectivity index (χ0n) is 11.1. The van der Waals surface area contributed by atoms with Gasteiger partial charge in [0.2, 0.25) is 0 Å². The van der Waals surface area contributed by atoms with Gasteiger partial charge in [0.1, 0.15) is 12.3 Å². The van der Waals surface area contributed by atoms with E-state index < -0.39 is 5.97 Å². The molecule has 1 aromatic rings. The van der Waals surface area contributed by atoms with E-state index >= 15 is 0 Å². The van der Waals surface area contributed by atoms with E-state index in [1.54, 1.807) is 6.07 Å². The van der Waals surface area contributed by atoms with Crippen molar-refractivity contribution >= 4 is 11.9 Å². The summed E-state index contributed by atoms with van der Waals surface area (Å²) >= 11 is 0. The maximum absolute atomic E-state index is 12.3. The van der Waals surface area contributed by atoms with Crippen molar-refractivity contribution in [3.8, 4) is 5.75 Å². The minimum Gasteiger partial charge on any atom is -0.493 e. The number of esters is 1. The van der Waals surface area contributed by atoms with Crippen LogP contribution in [0.3, 0.4) is 0 Å². The summed E-state index contributed by atoms with van der Waals surface area (Å²) < 4.78 is 9.99. The smallest absolute Gasteiger partial charge is 0.325 e. The van der Waals surface area contributed by atoms with Crippen LogP contribution in [0.5, 0.6) is 5.75 Å². The van der Waals surface area contributed by atoms with E-state index in [4.69, 9.17) is 4.74 Å². The summed E-state index contributed by atoms with van der Waals surface area (Å²) in [5, 5.41) is 0. The van der Waals surface area contributed by atoms with E-state index in [1.165, 1.54) is 12.0 Å². The quantitative estimate of drug-likeness (QED) is 0.767. The molecule has 1 aliphatic heterocycles. The minimum absolute atomic E-state index is 0.0284. The van der Waals surface area contributed by atoms with Crippen LogP contribution in [0, 0.1) is 0 Å². The van der Waals surface area contributed by atoms with E-state index in [2.05, 4.69) is 4.74 Å². The molecule has 102 valence electrons. The molecule has 0 aromatic heterocycles. The summed E-state index contributed by atoms with van der Waals surface area (Å²) in [4.78, 5) is 25.0. The summed E-state index contributed by atoms with van der Waals surface area (Å²) in [5.74, 6) is 0.259. The average Bonchev–Trinajstić information content (AvgIpc) is 2.90. The summed E-state index contributed by atoms with van der Waals surface area (Å²) in [6.45, 7) is 2.92. The van der Waals surface area contributed by atoms with Crippen molar-refractivity contribution in [3.63, 3.8) is 0 Å². The highest BCUT2D eigenvalue weighted by molar-refractivity contribution is 5.96. The van der Waals surface area contributed by atoms with Crippen LogP contribution in [0.25, 0.3) is 0 Å². The lowest BCUT2D eigenvalue weighted by Gasteiger charge is -2.19. The second kappa shape index (κ2) is 5.73. The number of benzene rings is 1. The fourth-order valence-electron chi connectivity index (χ4n) is 2.05. The second-order valence-corrected chi connectivity index (χ2v) is 4.32. The lowest BCUT2D eigenvalue weighted by atomic mass is 10.1. The molecule has 0 saturated heterocycles. The molecule has 0 spiro atoms. The number of hydrogen-bond donors (Lipinski definition) is 0. The molecule has 1 amide bonds. The Labute approximate surface area is 112 Å². The van der Waals surface area contributed by atoms with Crippen LogP contribution in [0.15, 0.2) is 18.2 Å². The van der Waals surface area contributed by atoms with Gasteiger partial charge in [-0.3, -0.25) is 9.59 Å². The first-order valence-electron chi connectivity index (χ1n) is 6.27. The van der Waals surface area contributed by atoms with Crippen LogP contribution in [-0.2, 0) is 16.0 Å². The predicted molar refractivity (Wildman–Crippen MR) is 69.2 cm³/mol. The van der Waals surface area contributed by atoms with Crippen LogP contribution in [0.4, 0.5) is 0 Å². The van der Waals surface area contributed by atoms with Gasteiger partial charge in [-0.1, -0.05) is 0 Å². The number of likely N-dealkylation sites (N-methyl/N-ethyl adjacent to an activating group) is 1. The summed E-state index contributed by atoms with van der Waals surface area (Å²) in [6, 6.07) is 5.37. The van der Waals surface area contributed by atoms with Crippen molar-refractivity contribution in [2.75, 3.05) is 26.8 Å². The highest BCUT2D eigenvalue weighted by Crippen LogP contribution is 2.26. The Hall–Kier alpha value is -2.04. The molecule has 0 aliphatic carbocycles. The first-order valence-corrected chi connectivity index (χ1v) is 6.27. The van der Waals surface area contributed by atoms with Crippen molar-refractivity contribution in [1.82, 2.24) is 4.90 Å². The normalized spacial score (nSPS) is 12.5. The standard InChI is InChI=1S/C14H17NO4/c1-3-15(9-13(16)18-2)14(17)11-4-5-12-10(8-11)6-7-19-12/h4-5,8H,3,6-7,9H2,1-2H3. The van der Waals surface area contributed by atoms with E-state index in [9.17, 15) is 9.59 Å². The van der Waals surface area contributed by atoms with Crippen LogP contribution in [0.2, 0.25) is 0 Å². The number of amides is 1. The molecule has 0 unspecified atom stereocenters. The molecule has 0 fully saturated rings. The van der Waals surface area contributed by atoms with Crippen LogP contribution >= 0.6 is 0 Å². The zero-order chi connectivity index (χ0) is 13.8. The first-order chi connectivity index (χ1) is 9.15. The topological polar surface area (TPSA) is 55.8 Å². The molecule has 1 aromatic carbocycles. The highest BCUT2D eigenvalue weighted by Gasteiger charge is 2.20. The van der Waals surface area contributed by atoms with Gasteiger partial charge in [-0.2, -0.15) is 0 Å². The molecule has 5 heteroatoms. The molecule has 0 N–H and O–H groups in total. The van der Waals surface area contributed by atoms with E-state index in [-0.39, 0.29) is 12.5 Å². The van der Waals surface area contributed by atoms with Gasteiger partial charge in [0.25, 0.3) is 5.91 Å². The van der Waals surface area contributed by atoms with Crippen LogP contribution in [0.1, 0.15) is 22.8 Å². The Balaban J connectivity index is 2.15. The third kappa shape index (κ3) is 2.86. The third-order valence-corrected chi connectivity index (χ3v) is 3.15. The SMILES string of the molecule is CCN(CC(=O)OC)C(=O)c1ccc2c(c1)CCO2. The van der Waals surface area contributed by atoms with E-state index in [0.717, 1.165) is 17.7 Å². The van der Waals surface area contributed by atoms with Gasteiger partial charge < -0.3 is 14.4 Å². The Morgan fingerprint density at radius 1 is 1.42 bits per heavy atom. The van der Waals surface area contributed by atoms with Crippen molar-refractivity contribution in [1.29, 1.82) is 0 Å². The predicted octanol–water partition coefficient (Wildman–Crippen LogP) is 1.26. The largest absolute Gasteiger partial charge is 0.493 e. The van der Waals surface area contributed by atoms with Crippen LogP contribution < -0.4 is 4.74 Å². The molecule has 1 aliphatic rings. The van der Waals surface area contributed by atoms with Crippen molar-refractivity contribution in [3.05, 3.63) is 29.3 Å².